The molecule has 0 radical (unpaired) electrons. The van der Waals surface area contributed by atoms with Crippen molar-refractivity contribution in [2.24, 2.45) is 0 Å². The van der Waals surface area contributed by atoms with E-state index in [0.717, 1.165) is 26.7 Å². The zero-order valence-corrected chi connectivity index (χ0v) is 22.8. The zero-order chi connectivity index (χ0) is 26.8. The van der Waals surface area contributed by atoms with Gasteiger partial charge in [-0.15, -0.1) is 0 Å². The molecule has 3 aromatic rings. The number of carbonyl (C=O) groups is 1. The van der Waals surface area contributed by atoms with Crippen LogP contribution >= 0.6 is 0 Å². The molecule has 7 nitrogen and oxygen atoms in total. The highest BCUT2D eigenvalue weighted by Crippen LogP contribution is 2.40. The van der Waals surface area contributed by atoms with Crippen molar-refractivity contribution in [3.05, 3.63) is 83.4 Å². The minimum Gasteiger partial charge on any atom is -0.494 e. The van der Waals surface area contributed by atoms with Gasteiger partial charge in [0.1, 0.15) is 23.6 Å². The molecule has 0 fully saturated rings. The van der Waals surface area contributed by atoms with Gasteiger partial charge >= 0.3 is 0 Å². The topological polar surface area (TPSA) is 84.9 Å². The number of fused-ring (bicyclic) bond motifs is 1. The molecule has 0 aromatic heterocycles. The number of rotatable bonds is 8. The highest BCUT2D eigenvalue weighted by atomic mass is 32.2. The number of nitrogens with one attached hydrogen (secondary N) is 1. The van der Waals surface area contributed by atoms with Crippen LogP contribution in [0.1, 0.15) is 49.9 Å². The summed E-state index contributed by atoms with van der Waals surface area (Å²) in [6.45, 7) is 9.85. The number of ether oxygens (including phenoxy) is 2. The van der Waals surface area contributed by atoms with Gasteiger partial charge in [0.25, 0.3) is 10.0 Å². The first-order chi connectivity index (χ1) is 17.5. The fourth-order valence-electron chi connectivity index (χ4n) is 4.49. The van der Waals surface area contributed by atoms with E-state index < -0.39 is 21.5 Å². The molecule has 1 N–H and O–H groups in total. The number of nitrogens with zero attached hydrogens (tertiary/aromatic N) is 1. The highest BCUT2D eigenvalue weighted by molar-refractivity contribution is 7.92. The Kier molecular flexibility index (Phi) is 7.50. The highest BCUT2D eigenvalue weighted by Gasteiger charge is 2.35. The van der Waals surface area contributed by atoms with Crippen molar-refractivity contribution in [1.82, 2.24) is 5.32 Å². The lowest BCUT2D eigenvalue weighted by atomic mass is 9.89. The van der Waals surface area contributed by atoms with E-state index in [1.54, 1.807) is 24.3 Å². The largest absolute Gasteiger partial charge is 0.494 e. The number of hydrogen-bond donors (Lipinski definition) is 1. The van der Waals surface area contributed by atoms with Gasteiger partial charge in [0.05, 0.1) is 23.2 Å². The maximum atomic E-state index is 13.7. The fraction of sp³-hybridized carbons (Fsp3) is 0.345. The molecular formula is C29H34N2O5S. The summed E-state index contributed by atoms with van der Waals surface area (Å²) in [6.07, 6.45) is 0.560. The standard InChI is InChI=1S/C29H34N2O5S/c1-6-35-23-12-14-24(15-13-23)37(33,34)31(22-10-7-20(2)8-11-22)19-28(32)30-26-18-29(4,5)36-27-17-21(3)9-16-25(26)27/h7-17,26H,6,18-19H2,1-5H3,(H,30,32). The predicted molar refractivity (Wildman–Crippen MR) is 145 cm³/mol. The minimum atomic E-state index is -4.03. The molecular weight excluding hydrogens is 488 g/mol. The first-order valence-corrected chi connectivity index (χ1v) is 13.8. The summed E-state index contributed by atoms with van der Waals surface area (Å²) in [5.41, 5.74) is 2.87. The maximum absolute atomic E-state index is 13.7. The average Bonchev–Trinajstić information content (AvgIpc) is 2.83. The molecule has 0 bridgehead atoms. The summed E-state index contributed by atoms with van der Waals surface area (Å²) in [4.78, 5) is 13.5. The Morgan fingerprint density at radius 3 is 2.32 bits per heavy atom. The van der Waals surface area contributed by atoms with Crippen LogP contribution in [0.5, 0.6) is 11.5 Å². The van der Waals surface area contributed by atoms with Crippen LogP contribution in [0.15, 0.2) is 71.6 Å². The Hall–Kier alpha value is -3.52. The van der Waals surface area contributed by atoms with Gasteiger partial charge < -0.3 is 14.8 Å². The molecule has 37 heavy (non-hydrogen) atoms. The lowest BCUT2D eigenvalue weighted by Crippen LogP contribution is -2.45. The average molecular weight is 523 g/mol. The molecule has 1 aliphatic heterocycles. The van der Waals surface area contributed by atoms with Crippen LogP contribution < -0.4 is 19.1 Å². The van der Waals surface area contributed by atoms with Gasteiger partial charge in [-0.3, -0.25) is 9.10 Å². The van der Waals surface area contributed by atoms with Gasteiger partial charge in [0, 0.05) is 12.0 Å². The summed E-state index contributed by atoms with van der Waals surface area (Å²) in [6, 6.07) is 18.9. The first kappa shape index (κ1) is 26.5. The molecule has 1 unspecified atom stereocenters. The summed E-state index contributed by atoms with van der Waals surface area (Å²) < 4.78 is 40.2. The Labute approximate surface area is 219 Å². The van der Waals surface area contributed by atoms with Crippen LogP contribution in [0.4, 0.5) is 5.69 Å². The fourth-order valence-corrected chi connectivity index (χ4v) is 5.91. The lowest BCUT2D eigenvalue weighted by Gasteiger charge is -2.38. The molecule has 1 atom stereocenters. The third-order valence-electron chi connectivity index (χ3n) is 6.29. The summed E-state index contributed by atoms with van der Waals surface area (Å²) in [7, 11) is -4.03. The molecule has 0 spiro atoms. The summed E-state index contributed by atoms with van der Waals surface area (Å²) in [5, 5.41) is 3.07. The van der Waals surface area contributed by atoms with Crippen LogP contribution in [0.25, 0.3) is 0 Å². The Balaban J connectivity index is 1.63. The monoisotopic (exact) mass is 522 g/mol. The van der Waals surface area contributed by atoms with Crippen LogP contribution in [-0.2, 0) is 14.8 Å². The molecule has 196 valence electrons. The van der Waals surface area contributed by atoms with Crippen molar-refractivity contribution < 1.29 is 22.7 Å². The van der Waals surface area contributed by atoms with E-state index in [-0.39, 0.29) is 17.5 Å². The molecule has 1 aliphatic rings. The quantitative estimate of drug-likeness (QED) is 0.433. The van der Waals surface area contributed by atoms with E-state index >= 15 is 0 Å². The minimum absolute atomic E-state index is 0.0809. The lowest BCUT2D eigenvalue weighted by molar-refractivity contribution is -0.120. The number of amides is 1. The van der Waals surface area contributed by atoms with Gasteiger partial charge in [-0.05, 0) is 82.6 Å². The molecule has 1 amide bonds. The van der Waals surface area contributed by atoms with E-state index in [0.29, 0.717) is 24.5 Å². The molecule has 3 aromatic carbocycles. The van der Waals surface area contributed by atoms with Crippen LogP contribution in [-0.4, -0.2) is 33.1 Å². The molecule has 0 saturated carbocycles. The van der Waals surface area contributed by atoms with E-state index in [2.05, 4.69) is 5.32 Å². The molecule has 1 heterocycles. The number of sulfonamides is 1. The van der Waals surface area contributed by atoms with E-state index in [1.807, 2.05) is 65.0 Å². The number of hydrogen-bond acceptors (Lipinski definition) is 5. The Bertz CT molecular complexity index is 1370. The molecule has 8 heteroatoms. The second kappa shape index (κ2) is 10.5. The second-order valence-electron chi connectivity index (χ2n) is 9.98. The van der Waals surface area contributed by atoms with Gasteiger partial charge in [-0.1, -0.05) is 29.8 Å². The summed E-state index contributed by atoms with van der Waals surface area (Å²) in [5.74, 6) is 0.917. The Morgan fingerprint density at radius 1 is 1.03 bits per heavy atom. The number of aryl methyl sites for hydroxylation is 2. The summed E-state index contributed by atoms with van der Waals surface area (Å²) >= 11 is 0. The number of benzene rings is 3. The SMILES string of the molecule is CCOc1ccc(S(=O)(=O)N(CC(=O)NC2CC(C)(C)Oc3cc(C)ccc32)c2ccc(C)cc2)cc1. The van der Waals surface area contributed by atoms with Crippen molar-refractivity contribution >= 4 is 21.6 Å². The molecule has 0 saturated heterocycles. The van der Waals surface area contributed by atoms with Crippen LogP contribution in [0.2, 0.25) is 0 Å². The zero-order valence-electron chi connectivity index (χ0n) is 21.9. The smallest absolute Gasteiger partial charge is 0.264 e. The first-order valence-electron chi connectivity index (χ1n) is 12.4. The van der Waals surface area contributed by atoms with Crippen LogP contribution in [0.3, 0.4) is 0 Å². The van der Waals surface area contributed by atoms with Crippen molar-refractivity contribution in [3.8, 4) is 11.5 Å². The van der Waals surface area contributed by atoms with E-state index in [1.165, 1.54) is 12.1 Å². The third kappa shape index (κ3) is 6.07. The van der Waals surface area contributed by atoms with Crippen molar-refractivity contribution in [1.29, 1.82) is 0 Å². The van der Waals surface area contributed by atoms with Crippen molar-refractivity contribution in [2.75, 3.05) is 17.5 Å². The second-order valence-corrected chi connectivity index (χ2v) is 11.8. The third-order valence-corrected chi connectivity index (χ3v) is 8.08. The molecule has 4 rings (SSSR count). The normalized spacial score (nSPS) is 16.3. The van der Waals surface area contributed by atoms with E-state index in [4.69, 9.17) is 9.47 Å². The molecule has 0 aliphatic carbocycles. The van der Waals surface area contributed by atoms with Gasteiger partial charge in [-0.2, -0.15) is 0 Å². The van der Waals surface area contributed by atoms with Crippen LogP contribution in [0, 0.1) is 13.8 Å². The van der Waals surface area contributed by atoms with Crippen molar-refractivity contribution in [3.63, 3.8) is 0 Å². The maximum Gasteiger partial charge on any atom is 0.264 e. The van der Waals surface area contributed by atoms with E-state index in [9.17, 15) is 13.2 Å². The number of carbonyl (C=O) groups excluding carboxylic acids is 1. The van der Waals surface area contributed by atoms with Crippen molar-refractivity contribution in [2.45, 2.75) is 57.6 Å². The van der Waals surface area contributed by atoms with Gasteiger partial charge in [0.2, 0.25) is 5.91 Å². The van der Waals surface area contributed by atoms with Gasteiger partial charge in [0.15, 0.2) is 0 Å². The Morgan fingerprint density at radius 2 is 1.68 bits per heavy atom. The number of anilines is 1. The van der Waals surface area contributed by atoms with Gasteiger partial charge in [-0.25, -0.2) is 8.42 Å². The predicted octanol–water partition coefficient (Wildman–Crippen LogP) is 5.32.